The van der Waals surface area contributed by atoms with Crippen molar-refractivity contribution >= 4 is 11.9 Å². The molecule has 2 N–H and O–H groups in total. The monoisotopic (exact) mass is 291 g/mol. The van der Waals surface area contributed by atoms with Crippen molar-refractivity contribution in [2.24, 2.45) is 7.05 Å². The summed E-state index contributed by atoms with van der Waals surface area (Å²) in [4.78, 5) is 23.2. The molecule has 0 aliphatic heterocycles. The number of carboxylic acids is 1. The normalized spacial score (nSPS) is 12.1. The van der Waals surface area contributed by atoms with E-state index in [-0.39, 0.29) is 17.3 Å². The SMILES string of the molecule is CCn1ccc([C@@H](C)NC(=O)c2nn(C)cc2C(=O)O)n1. The van der Waals surface area contributed by atoms with Crippen LogP contribution in [0.5, 0.6) is 0 Å². The highest BCUT2D eigenvalue weighted by Crippen LogP contribution is 2.12. The number of rotatable bonds is 5. The number of nitrogens with zero attached hydrogens (tertiary/aromatic N) is 4. The van der Waals surface area contributed by atoms with Gasteiger partial charge in [0, 0.05) is 26.0 Å². The number of amides is 1. The summed E-state index contributed by atoms with van der Waals surface area (Å²) in [6.45, 7) is 4.49. The quantitative estimate of drug-likeness (QED) is 0.849. The van der Waals surface area contributed by atoms with Crippen molar-refractivity contribution in [3.8, 4) is 0 Å². The van der Waals surface area contributed by atoms with Gasteiger partial charge < -0.3 is 10.4 Å². The van der Waals surface area contributed by atoms with Gasteiger partial charge in [0.05, 0.1) is 11.7 Å². The Kier molecular flexibility index (Phi) is 4.06. The Morgan fingerprint density at radius 1 is 1.43 bits per heavy atom. The summed E-state index contributed by atoms with van der Waals surface area (Å²) in [6.07, 6.45) is 3.12. The van der Waals surface area contributed by atoms with E-state index >= 15 is 0 Å². The lowest BCUT2D eigenvalue weighted by atomic mass is 10.2. The van der Waals surface area contributed by atoms with E-state index < -0.39 is 11.9 Å². The molecule has 8 heteroatoms. The number of aryl methyl sites for hydroxylation is 2. The Labute approximate surface area is 121 Å². The fraction of sp³-hybridized carbons (Fsp3) is 0.385. The first-order chi connectivity index (χ1) is 9.92. The molecule has 2 rings (SSSR count). The zero-order chi connectivity index (χ0) is 15.6. The number of hydrogen-bond donors (Lipinski definition) is 2. The minimum Gasteiger partial charge on any atom is -0.478 e. The summed E-state index contributed by atoms with van der Waals surface area (Å²) in [7, 11) is 1.57. The van der Waals surface area contributed by atoms with Crippen LogP contribution in [0.1, 0.15) is 46.4 Å². The Hall–Kier alpha value is -2.64. The van der Waals surface area contributed by atoms with Gasteiger partial charge in [-0.15, -0.1) is 0 Å². The molecule has 2 aromatic heterocycles. The van der Waals surface area contributed by atoms with Crippen molar-refractivity contribution in [2.75, 3.05) is 0 Å². The van der Waals surface area contributed by atoms with Crippen LogP contribution in [-0.4, -0.2) is 36.5 Å². The fourth-order valence-electron chi connectivity index (χ4n) is 1.94. The van der Waals surface area contributed by atoms with Crippen LogP contribution in [0.3, 0.4) is 0 Å². The summed E-state index contributed by atoms with van der Waals surface area (Å²) in [6, 6.07) is 1.47. The first-order valence-electron chi connectivity index (χ1n) is 6.53. The van der Waals surface area contributed by atoms with Crippen molar-refractivity contribution in [1.82, 2.24) is 24.9 Å². The van der Waals surface area contributed by atoms with Gasteiger partial charge in [-0.2, -0.15) is 10.2 Å². The number of nitrogens with one attached hydrogen (secondary N) is 1. The Morgan fingerprint density at radius 3 is 2.71 bits per heavy atom. The summed E-state index contributed by atoms with van der Waals surface area (Å²) >= 11 is 0. The maximum Gasteiger partial charge on any atom is 0.339 e. The van der Waals surface area contributed by atoms with Gasteiger partial charge in [0.15, 0.2) is 5.69 Å². The third-order valence-electron chi connectivity index (χ3n) is 3.05. The number of carbonyl (C=O) groups is 2. The predicted molar refractivity (Wildman–Crippen MR) is 73.9 cm³/mol. The van der Waals surface area contributed by atoms with Crippen LogP contribution in [0.15, 0.2) is 18.5 Å². The lowest BCUT2D eigenvalue weighted by molar-refractivity contribution is 0.0690. The molecule has 2 aromatic rings. The molecule has 0 aliphatic rings. The van der Waals surface area contributed by atoms with Gasteiger partial charge in [-0.25, -0.2) is 4.79 Å². The molecule has 1 atom stereocenters. The van der Waals surface area contributed by atoms with Crippen LogP contribution in [0.4, 0.5) is 0 Å². The van der Waals surface area contributed by atoms with Crippen LogP contribution >= 0.6 is 0 Å². The lowest BCUT2D eigenvalue weighted by Crippen LogP contribution is -2.28. The van der Waals surface area contributed by atoms with Gasteiger partial charge in [0.1, 0.15) is 5.56 Å². The lowest BCUT2D eigenvalue weighted by Gasteiger charge is -2.10. The highest BCUT2D eigenvalue weighted by atomic mass is 16.4. The smallest absolute Gasteiger partial charge is 0.339 e. The van der Waals surface area contributed by atoms with Crippen LogP contribution < -0.4 is 5.32 Å². The first-order valence-corrected chi connectivity index (χ1v) is 6.53. The van der Waals surface area contributed by atoms with Crippen molar-refractivity contribution < 1.29 is 14.7 Å². The average molecular weight is 291 g/mol. The Balaban J connectivity index is 2.16. The average Bonchev–Trinajstić information content (AvgIpc) is 3.04. The maximum atomic E-state index is 12.2. The van der Waals surface area contributed by atoms with E-state index in [0.717, 1.165) is 6.54 Å². The number of aromatic carboxylic acids is 1. The molecule has 0 aromatic carbocycles. The topological polar surface area (TPSA) is 102 Å². The molecule has 112 valence electrons. The molecule has 0 radical (unpaired) electrons. The van der Waals surface area contributed by atoms with E-state index in [1.54, 1.807) is 18.7 Å². The standard InChI is InChI=1S/C13H17N5O3/c1-4-18-6-5-10(15-18)8(2)14-12(19)11-9(13(20)21)7-17(3)16-11/h5-8H,4H2,1-3H3,(H,14,19)(H,20,21)/t8-/m1/s1. The molecular formula is C13H17N5O3. The zero-order valence-electron chi connectivity index (χ0n) is 12.1. The van der Waals surface area contributed by atoms with E-state index in [1.165, 1.54) is 10.9 Å². The predicted octanol–water partition coefficient (Wildman–Crippen LogP) is 0.826. The molecule has 0 spiro atoms. The molecule has 0 saturated heterocycles. The highest BCUT2D eigenvalue weighted by molar-refractivity contribution is 6.03. The molecule has 8 nitrogen and oxygen atoms in total. The second-order valence-corrected chi connectivity index (χ2v) is 4.66. The van der Waals surface area contributed by atoms with E-state index in [1.807, 2.05) is 19.2 Å². The maximum absolute atomic E-state index is 12.2. The van der Waals surface area contributed by atoms with Crippen molar-refractivity contribution in [1.29, 1.82) is 0 Å². The summed E-state index contributed by atoms with van der Waals surface area (Å²) in [5.74, 6) is -1.72. The molecule has 0 aliphatic carbocycles. The minimum atomic E-state index is -1.18. The zero-order valence-corrected chi connectivity index (χ0v) is 12.1. The highest BCUT2D eigenvalue weighted by Gasteiger charge is 2.23. The van der Waals surface area contributed by atoms with Gasteiger partial charge in [-0.1, -0.05) is 0 Å². The number of hydrogen-bond acceptors (Lipinski definition) is 4. The van der Waals surface area contributed by atoms with Crippen LogP contribution in [-0.2, 0) is 13.6 Å². The van der Waals surface area contributed by atoms with Crippen molar-refractivity contribution in [3.63, 3.8) is 0 Å². The van der Waals surface area contributed by atoms with Gasteiger partial charge in [-0.3, -0.25) is 14.2 Å². The second kappa shape index (κ2) is 5.78. The van der Waals surface area contributed by atoms with Crippen LogP contribution in [0.2, 0.25) is 0 Å². The van der Waals surface area contributed by atoms with Gasteiger partial charge in [0.2, 0.25) is 0 Å². The number of carbonyl (C=O) groups excluding carboxylic acids is 1. The Bertz CT molecular complexity index is 673. The van der Waals surface area contributed by atoms with Crippen LogP contribution in [0, 0.1) is 0 Å². The van der Waals surface area contributed by atoms with Crippen LogP contribution in [0.25, 0.3) is 0 Å². The molecule has 21 heavy (non-hydrogen) atoms. The largest absolute Gasteiger partial charge is 0.478 e. The summed E-state index contributed by atoms with van der Waals surface area (Å²) in [5, 5.41) is 20.0. The molecule has 0 saturated carbocycles. The van der Waals surface area contributed by atoms with E-state index in [2.05, 4.69) is 15.5 Å². The molecule has 0 fully saturated rings. The van der Waals surface area contributed by atoms with E-state index in [9.17, 15) is 9.59 Å². The summed E-state index contributed by atoms with van der Waals surface area (Å²) in [5.41, 5.74) is 0.478. The van der Waals surface area contributed by atoms with E-state index in [4.69, 9.17) is 5.11 Å². The second-order valence-electron chi connectivity index (χ2n) is 4.66. The Morgan fingerprint density at radius 2 is 2.14 bits per heavy atom. The molecule has 1 amide bonds. The number of carboxylic acid groups (broad SMARTS) is 1. The molecule has 0 unspecified atom stereocenters. The molecule has 2 heterocycles. The third kappa shape index (κ3) is 3.10. The minimum absolute atomic E-state index is 0.105. The van der Waals surface area contributed by atoms with Crippen molar-refractivity contribution in [2.45, 2.75) is 26.4 Å². The fourth-order valence-corrected chi connectivity index (χ4v) is 1.94. The first kappa shape index (κ1) is 14.8. The van der Waals surface area contributed by atoms with E-state index in [0.29, 0.717) is 5.69 Å². The summed E-state index contributed by atoms with van der Waals surface area (Å²) < 4.78 is 3.05. The number of aromatic nitrogens is 4. The van der Waals surface area contributed by atoms with Gasteiger partial charge >= 0.3 is 5.97 Å². The van der Waals surface area contributed by atoms with Gasteiger partial charge in [0.25, 0.3) is 5.91 Å². The molecular weight excluding hydrogens is 274 g/mol. The van der Waals surface area contributed by atoms with Gasteiger partial charge in [-0.05, 0) is 19.9 Å². The molecule has 0 bridgehead atoms. The van der Waals surface area contributed by atoms with Crippen molar-refractivity contribution in [3.05, 3.63) is 35.4 Å². The third-order valence-corrected chi connectivity index (χ3v) is 3.05.